The van der Waals surface area contributed by atoms with Crippen LogP contribution in [0.1, 0.15) is 63.5 Å². The average molecular weight is 1550 g/mol. The SMILES string of the molecule is COCCOCCOCCOCCC1(C)\C(=C/C=C/C=C/C2=[N+](CCOC)c3ccc4c(S(=O)(=O)O)cc(S(=O)(=O)O)cc4c3C2(C)CCCS(=O)(=O)O)N(CCOCCOCCOCCOCCOCCOCCC(=O)ON2C(=O)CCC2=O)c2ccc3c(S(=O)(=O)O)cc(S(=O)(=O)O)cc3c21. The number of imide groups is 1. The van der Waals surface area contributed by atoms with Gasteiger partial charge in [-0.2, -0.15) is 46.7 Å². The van der Waals surface area contributed by atoms with Crippen molar-refractivity contribution in [2.45, 2.75) is 82.8 Å². The first-order valence-corrected chi connectivity index (χ1v) is 39.9. The Labute approximate surface area is 598 Å². The minimum atomic E-state index is -5.15. The Balaban J connectivity index is 1.11. The van der Waals surface area contributed by atoms with E-state index in [1.54, 1.807) is 61.1 Å². The van der Waals surface area contributed by atoms with Crippen LogP contribution in [0.25, 0.3) is 21.5 Å². The quantitative estimate of drug-likeness (QED) is 0.0132. The van der Waals surface area contributed by atoms with Gasteiger partial charge in [-0.15, -0.1) is 5.06 Å². The number of amides is 2. The number of carbonyl (C=O) groups excluding carboxylic acids is 3. The summed E-state index contributed by atoms with van der Waals surface area (Å²) in [5, 5.41) is 0.295. The number of carbonyl (C=O) groups is 3. The molecule has 5 N–H and O–H groups in total. The molecule has 33 nitrogen and oxygen atoms in total. The Kier molecular flexibility index (Phi) is 31.3. The van der Waals surface area contributed by atoms with Gasteiger partial charge in [0, 0.05) is 85.5 Å². The number of fused-ring (bicyclic) bond motifs is 6. The third-order valence-corrected chi connectivity index (χ3v) is 21.1. The Hall–Kier alpha value is -6.19. The summed E-state index contributed by atoms with van der Waals surface area (Å²) in [6, 6.07) is 9.36. The molecule has 103 heavy (non-hydrogen) atoms. The second-order valence-electron chi connectivity index (χ2n) is 23.9. The number of nitrogens with zero attached hydrogens (tertiary/aromatic N) is 3. The molecule has 1 fully saturated rings. The van der Waals surface area contributed by atoms with Gasteiger partial charge in [0.1, 0.15) is 16.4 Å². The van der Waals surface area contributed by atoms with E-state index in [2.05, 4.69) is 0 Å². The lowest BCUT2D eigenvalue weighted by atomic mass is 9.74. The van der Waals surface area contributed by atoms with Crippen molar-refractivity contribution in [3.8, 4) is 0 Å². The van der Waals surface area contributed by atoms with Gasteiger partial charge in [-0.3, -0.25) is 32.4 Å². The normalized spacial score (nSPS) is 18.0. The van der Waals surface area contributed by atoms with Crippen molar-refractivity contribution in [3.63, 3.8) is 0 Å². The molecule has 4 aromatic carbocycles. The molecule has 0 radical (unpaired) electrons. The number of methoxy groups -OCH3 is 2. The lowest BCUT2D eigenvalue weighted by Crippen LogP contribution is -2.32. The summed E-state index contributed by atoms with van der Waals surface area (Å²) in [6.07, 6.45) is 8.12. The van der Waals surface area contributed by atoms with Crippen molar-refractivity contribution in [2.24, 2.45) is 0 Å². The molecule has 0 aromatic heterocycles. The Morgan fingerprint density at radius 3 is 1.44 bits per heavy atom. The molecule has 2 atom stereocenters. The first kappa shape index (κ1) is 84.1. The maximum Gasteiger partial charge on any atom is 0.335 e. The number of rotatable bonds is 48. The molecule has 7 rings (SSSR count). The molecule has 3 aliphatic rings. The van der Waals surface area contributed by atoms with E-state index in [0.717, 1.165) is 12.1 Å². The summed E-state index contributed by atoms with van der Waals surface area (Å²) < 4.78 is 243. The van der Waals surface area contributed by atoms with E-state index >= 15 is 0 Å². The minimum Gasteiger partial charge on any atom is -0.382 e. The van der Waals surface area contributed by atoms with Gasteiger partial charge in [0.25, 0.3) is 62.4 Å². The van der Waals surface area contributed by atoms with Crippen molar-refractivity contribution in [3.05, 3.63) is 95.7 Å². The van der Waals surface area contributed by atoms with Crippen LogP contribution in [0.5, 0.6) is 0 Å². The number of hydroxylamine groups is 2. The predicted molar refractivity (Wildman–Crippen MR) is 369 cm³/mol. The lowest BCUT2D eigenvalue weighted by Gasteiger charge is -2.31. The summed E-state index contributed by atoms with van der Waals surface area (Å²) >= 11 is 0. The molecule has 1 saturated heterocycles. The van der Waals surface area contributed by atoms with Crippen molar-refractivity contribution < 1.29 is 141 Å². The average Bonchev–Trinajstić information content (AvgIpc) is 1.58. The third-order valence-electron chi connectivity index (χ3n) is 16.9. The van der Waals surface area contributed by atoms with Gasteiger partial charge in [-0.25, -0.2) is 4.79 Å². The predicted octanol–water partition coefficient (Wildman–Crippen LogP) is 4.61. The summed E-state index contributed by atoms with van der Waals surface area (Å²) in [7, 11) is -22.1. The van der Waals surface area contributed by atoms with Crippen LogP contribution in [-0.2, 0) is 133 Å². The number of hydrogen-bond donors (Lipinski definition) is 5. The molecule has 0 aliphatic carbocycles. The van der Waals surface area contributed by atoms with Crippen molar-refractivity contribution >= 4 is 107 Å². The summed E-state index contributed by atoms with van der Waals surface area (Å²) in [5.74, 6) is -2.61. The molecule has 0 spiro atoms. The van der Waals surface area contributed by atoms with Gasteiger partial charge >= 0.3 is 5.97 Å². The number of anilines is 1. The minimum absolute atomic E-state index is 0.00354. The van der Waals surface area contributed by atoms with Crippen LogP contribution in [0.15, 0.2) is 104 Å². The smallest absolute Gasteiger partial charge is 0.335 e. The zero-order chi connectivity index (χ0) is 75.2. The highest BCUT2D eigenvalue weighted by Gasteiger charge is 2.50. The van der Waals surface area contributed by atoms with Crippen molar-refractivity contribution in [1.29, 1.82) is 0 Å². The Bertz CT molecular complexity index is 4360. The largest absolute Gasteiger partial charge is 0.382 e. The zero-order valence-corrected chi connectivity index (χ0v) is 61.4. The Morgan fingerprint density at radius 2 is 0.961 bits per heavy atom. The van der Waals surface area contributed by atoms with E-state index in [1.807, 2.05) is 11.8 Å². The first-order valence-electron chi connectivity index (χ1n) is 32.6. The fraction of sp³-hybridized carbons (Fsp3) is 0.538. The molecule has 0 bridgehead atoms. The molecule has 2 amide bonds. The summed E-state index contributed by atoms with van der Waals surface area (Å²) in [5.41, 5.74) is -0.0533. The van der Waals surface area contributed by atoms with E-state index in [-0.39, 0.29) is 191 Å². The topological polar surface area (TPSA) is 443 Å². The van der Waals surface area contributed by atoms with E-state index in [9.17, 15) is 79.2 Å². The highest BCUT2D eigenvalue weighted by atomic mass is 32.2. The monoisotopic (exact) mass is 1550 g/mol. The molecule has 2 unspecified atom stereocenters. The lowest BCUT2D eigenvalue weighted by molar-refractivity contribution is -0.441. The van der Waals surface area contributed by atoms with Gasteiger partial charge in [0.2, 0.25) is 5.69 Å². The van der Waals surface area contributed by atoms with Gasteiger partial charge in [0.15, 0.2) is 12.3 Å². The first-order chi connectivity index (χ1) is 48.8. The molecule has 0 saturated carbocycles. The maximum atomic E-state index is 13.1. The van der Waals surface area contributed by atoms with Crippen LogP contribution in [0.4, 0.5) is 11.4 Å². The Morgan fingerprint density at radius 1 is 0.505 bits per heavy atom. The summed E-state index contributed by atoms with van der Waals surface area (Å²) in [4.78, 5) is 38.4. The van der Waals surface area contributed by atoms with Crippen LogP contribution >= 0.6 is 0 Å². The molecule has 572 valence electrons. The second kappa shape index (κ2) is 38.4. The van der Waals surface area contributed by atoms with Crippen LogP contribution < -0.4 is 4.90 Å². The van der Waals surface area contributed by atoms with Gasteiger partial charge < -0.3 is 61.8 Å². The molecule has 4 aromatic rings. The number of hydrogen-bond acceptors (Lipinski definition) is 26. The highest BCUT2D eigenvalue weighted by Crippen LogP contribution is 2.54. The third kappa shape index (κ3) is 23.4. The molecule has 3 heterocycles. The van der Waals surface area contributed by atoms with E-state index in [4.69, 9.17) is 56.9 Å². The number of allylic oxidation sites excluding steroid dienone is 6. The molecular weight excluding hydrogens is 1460 g/mol. The number of ether oxygens (including phenoxy) is 11. The molecule has 38 heteroatoms. The molecule has 3 aliphatic heterocycles. The van der Waals surface area contributed by atoms with Crippen molar-refractivity contribution in [1.82, 2.24) is 5.06 Å². The fourth-order valence-electron chi connectivity index (χ4n) is 12.1. The standard InChI is InChI=1S/C65H87N3O30S5/c1-64(18-8-42-99(72,73)74)57(66(20-24-87-3)53-13-11-49-51(62(53)64)43-47(100(75,76)77)45-55(49)102(81,82)83)9-6-5-7-10-58-65(2,19-23-90-29-32-94-35-34-92-27-26-88-4)63-52-44-48(101(78,79)80)46-56(103(84,85)86)50(52)12-14-54(63)67(58)21-25-91-30-33-95-37-39-97-41-40-96-38-36-93-31-28-89-22-17-61(71)98-68-59(69)15-16-60(68)70/h5-7,9-14,43-46H,8,15-42H2,1-4H3,(H4-,72,73,74,75,76,77,78,79,80,81,82,83,84,85,86)/p+1. The zero-order valence-electron chi connectivity index (χ0n) is 57.3. The van der Waals surface area contributed by atoms with Crippen molar-refractivity contribution in [2.75, 3.05) is 170 Å². The second-order valence-corrected chi connectivity index (χ2v) is 31.1. The van der Waals surface area contributed by atoms with Crippen LogP contribution in [-0.4, -0.2) is 263 Å². The highest BCUT2D eigenvalue weighted by molar-refractivity contribution is 7.87. The van der Waals surface area contributed by atoms with E-state index in [0.29, 0.717) is 65.4 Å². The molecular formula is C65H88N3O30S5+. The van der Waals surface area contributed by atoms with Gasteiger partial charge in [0.05, 0.1) is 146 Å². The van der Waals surface area contributed by atoms with E-state index < -0.39 is 105 Å². The van der Waals surface area contributed by atoms with Crippen LogP contribution in [0.3, 0.4) is 0 Å². The summed E-state index contributed by atoms with van der Waals surface area (Å²) in [6.45, 7) is 7.78. The van der Waals surface area contributed by atoms with Gasteiger partial charge in [-0.1, -0.05) is 24.3 Å². The maximum absolute atomic E-state index is 13.1. The van der Waals surface area contributed by atoms with E-state index in [1.165, 1.54) is 19.2 Å². The fourth-order valence-corrected chi connectivity index (χ4v) is 15.3. The van der Waals surface area contributed by atoms with Gasteiger partial charge in [-0.05, 0) is 91.9 Å². The van der Waals surface area contributed by atoms with Crippen LogP contribution in [0, 0.1) is 0 Å². The number of benzene rings is 4. The van der Waals surface area contributed by atoms with Crippen LogP contribution in [0.2, 0.25) is 0 Å².